The predicted molar refractivity (Wildman–Crippen MR) is 76.4 cm³/mol. The van der Waals surface area contributed by atoms with Gasteiger partial charge in [0.2, 0.25) is 0 Å². The average molecular weight is 244 g/mol. The van der Waals surface area contributed by atoms with Crippen LogP contribution in [0.1, 0.15) is 11.1 Å². The minimum absolute atomic E-state index is 0.754. The van der Waals surface area contributed by atoms with Crippen LogP contribution in [0, 0.1) is 0 Å². The second-order valence-corrected chi connectivity index (χ2v) is 4.10. The fourth-order valence-corrected chi connectivity index (χ4v) is 1.91. The van der Waals surface area contributed by atoms with Crippen LogP contribution in [0.2, 0.25) is 5.02 Å². The third-order valence-electron chi connectivity index (χ3n) is 2.56. The Labute approximate surface area is 107 Å². The summed E-state index contributed by atoms with van der Waals surface area (Å²) in [5, 5.41) is 3.89. The number of hydrogen-bond donors (Lipinski definition) is 1. The molecule has 0 aromatic heterocycles. The lowest BCUT2D eigenvalue weighted by Gasteiger charge is -2.06. The van der Waals surface area contributed by atoms with Crippen LogP contribution in [0.15, 0.2) is 48.5 Å². The molecule has 0 atom stereocenters. The molecule has 2 aromatic rings. The monoisotopic (exact) mass is 243 g/mol. The summed E-state index contributed by atoms with van der Waals surface area (Å²) in [5.41, 5.74) is 3.21. The van der Waals surface area contributed by atoms with Crippen LogP contribution in [0.4, 0.5) is 5.69 Å². The van der Waals surface area contributed by atoms with Gasteiger partial charge in [0.15, 0.2) is 0 Å². The Kier molecular flexibility index (Phi) is 3.84. The Morgan fingerprint density at radius 3 is 2.41 bits per heavy atom. The van der Waals surface area contributed by atoms with Gasteiger partial charge >= 0.3 is 0 Å². The lowest BCUT2D eigenvalue weighted by atomic mass is 10.1. The molecular weight excluding hydrogens is 230 g/mol. The van der Waals surface area contributed by atoms with E-state index in [0.29, 0.717) is 0 Å². The second kappa shape index (κ2) is 5.55. The molecule has 0 heterocycles. The molecule has 0 radical (unpaired) electrons. The summed E-state index contributed by atoms with van der Waals surface area (Å²) in [7, 11) is 1.89. The molecule has 0 aliphatic heterocycles. The fourth-order valence-electron chi connectivity index (χ4n) is 1.67. The molecule has 0 unspecified atom stereocenters. The molecule has 2 heteroatoms. The standard InChI is InChI=1S/C15H14ClN/c1-17-15-9-5-8-14(16)13(15)11-10-12-6-3-2-4-7-12/h2-11,17H,1H3/b11-10+. The third-order valence-corrected chi connectivity index (χ3v) is 2.89. The van der Waals surface area contributed by atoms with Crippen molar-refractivity contribution in [1.29, 1.82) is 0 Å². The van der Waals surface area contributed by atoms with Gasteiger partial charge < -0.3 is 5.32 Å². The van der Waals surface area contributed by atoms with Gasteiger partial charge in [0.1, 0.15) is 0 Å². The highest BCUT2D eigenvalue weighted by atomic mass is 35.5. The Balaban J connectivity index is 2.33. The maximum absolute atomic E-state index is 6.18. The van der Waals surface area contributed by atoms with Gasteiger partial charge in [-0.3, -0.25) is 0 Å². The lowest BCUT2D eigenvalue weighted by Crippen LogP contribution is -1.91. The van der Waals surface area contributed by atoms with Gasteiger partial charge in [-0.15, -0.1) is 0 Å². The summed E-state index contributed by atoms with van der Waals surface area (Å²) in [6.45, 7) is 0. The Morgan fingerprint density at radius 2 is 1.71 bits per heavy atom. The maximum Gasteiger partial charge on any atom is 0.0499 e. The number of anilines is 1. The highest BCUT2D eigenvalue weighted by molar-refractivity contribution is 6.32. The van der Waals surface area contributed by atoms with E-state index in [1.165, 1.54) is 0 Å². The molecule has 17 heavy (non-hydrogen) atoms. The third kappa shape index (κ3) is 2.89. The first-order valence-electron chi connectivity index (χ1n) is 5.50. The largest absolute Gasteiger partial charge is 0.388 e. The number of hydrogen-bond acceptors (Lipinski definition) is 1. The van der Waals surface area contributed by atoms with E-state index in [9.17, 15) is 0 Å². The first-order chi connectivity index (χ1) is 8.31. The van der Waals surface area contributed by atoms with Gasteiger partial charge in [-0.25, -0.2) is 0 Å². The Hall–Kier alpha value is -1.73. The molecule has 2 rings (SSSR count). The zero-order valence-electron chi connectivity index (χ0n) is 9.65. The van der Waals surface area contributed by atoms with Crippen molar-refractivity contribution in [1.82, 2.24) is 0 Å². The molecule has 1 nitrogen and oxygen atoms in total. The molecule has 0 fully saturated rings. The first kappa shape index (κ1) is 11.7. The first-order valence-corrected chi connectivity index (χ1v) is 5.88. The molecular formula is C15H14ClN. The number of benzene rings is 2. The molecule has 0 aliphatic rings. The van der Waals surface area contributed by atoms with E-state index in [2.05, 4.69) is 23.5 Å². The van der Waals surface area contributed by atoms with Crippen LogP contribution in [0.25, 0.3) is 12.2 Å². The SMILES string of the molecule is CNc1cccc(Cl)c1/C=C/c1ccccc1. The quantitative estimate of drug-likeness (QED) is 0.780. The highest BCUT2D eigenvalue weighted by Gasteiger charge is 2.01. The molecule has 0 bridgehead atoms. The Morgan fingerprint density at radius 1 is 0.941 bits per heavy atom. The molecule has 1 N–H and O–H groups in total. The summed E-state index contributed by atoms with van der Waals surface area (Å²) < 4.78 is 0. The van der Waals surface area contributed by atoms with Gasteiger partial charge in [-0.1, -0.05) is 60.2 Å². The van der Waals surface area contributed by atoms with E-state index in [1.54, 1.807) is 0 Å². The van der Waals surface area contributed by atoms with E-state index in [4.69, 9.17) is 11.6 Å². The molecule has 0 spiro atoms. The molecule has 0 amide bonds. The van der Waals surface area contributed by atoms with Crippen molar-refractivity contribution in [2.24, 2.45) is 0 Å². The van der Waals surface area contributed by atoms with Crippen molar-refractivity contribution >= 4 is 29.4 Å². The molecule has 86 valence electrons. The summed E-state index contributed by atoms with van der Waals surface area (Å²) in [6, 6.07) is 16.0. The van der Waals surface area contributed by atoms with E-state index >= 15 is 0 Å². The average Bonchev–Trinajstić information content (AvgIpc) is 2.38. The van der Waals surface area contributed by atoms with Gasteiger partial charge in [0, 0.05) is 23.3 Å². The van der Waals surface area contributed by atoms with Crippen LogP contribution in [-0.4, -0.2) is 7.05 Å². The fraction of sp³-hybridized carbons (Fsp3) is 0.0667. The van der Waals surface area contributed by atoms with E-state index < -0.39 is 0 Å². The van der Waals surface area contributed by atoms with Crippen LogP contribution in [-0.2, 0) is 0 Å². The maximum atomic E-state index is 6.18. The van der Waals surface area contributed by atoms with Crippen molar-refractivity contribution in [3.63, 3.8) is 0 Å². The molecule has 0 saturated heterocycles. The minimum atomic E-state index is 0.754. The zero-order chi connectivity index (χ0) is 12.1. The number of rotatable bonds is 3. The van der Waals surface area contributed by atoms with Gasteiger partial charge in [0.05, 0.1) is 0 Å². The second-order valence-electron chi connectivity index (χ2n) is 3.70. The van der Waals surface area contributed by atoms with Crippen LogP contribution >= 0.6 is 11.6 Å². The Bertz CT molecular complexity index is 518. The lowest BCUT2D eigenvalue weighted by molar-refractivity contribution is 1.49. The van der Waals surface area contributed by atoms with Gasteiger partial charge in [-0.2, -0.15) is 0 Å². The highest BCUT2D eigenvalue weighted by Crippen LogP contribution is 2.26. The summed E-state index contributed by atoms with van der Waals surface area (Å²) >= 11 is 6.18. The summed E-state index contributed by atoms with van der Waals surface area (Å²) in [4.78, 5) is 0. The minimum Gasteiger partial charge on any atom is -0.388 e. The van der Waals surface area contributed by atoms with Crippen molar-refractivity contribution in [2.45, 2.75) is 0 Å². The normalized spacial score (nSPS) is 10.7. The van der Waals surface area contributed by atoms with Crippen LogP contribution in [0.3, 0.4) is 0 Å². The molecule has 2 aromatic carbocycles. The van der Waals surface area contributed by atoms with E-state index in [1.807, 2.05) is 49.5 Å². The van der Waals surface area contributed by atoms with Crippen molar-refractivity contribution < 1.29 is 0 Å². The van der Waals surface area contributed by atoms with Crippen molar-refractivity contribution in [3.8, 4) is 0 Å². The molecule has 0 aliphatic carbocycles. The topological polar surface area (TPSA) is 12.0 Å². The van der Waals surface area contributed by atoms with Gasteiger partial charge in [-0.05, 0) is 17.7 Å². The summed E-state index contributed by atoms with van der Waals surface area (Å²) in [6.07, 6.45) is 4.09. The van der Waals surface area contributed by atoms with E-state index in [-0.39, 0.29) is 0 Å². The van der Waals surface area contributed by atoms with Crippen LogP contribution in [0.5, 0.6) is 0 Å². The predicted octanol–water partition coefficient (Wildman–Crippen LogP) is 4.55. The number of halogens is 1. The molecule has 0 saturated carbocycles. The number of nitrogens with one attached hydrogen (secondary N) is 1. The zero-order valence-corrected chi connectivity index (χ0v) is 10.4. The van der Waals surface area contributed by atoms with Crippen LogP contribution < -0.4 is 5.32 Å². The smallest absolute Gasteiger partial charge is 0.0499 e. The van der Waals surface area contributed by atoms with Crippen molar-refractivity contribution in [2.75, 3.05) is 12.4 Å². The summed E-state index contributed by atoms with van der Waals surface area (Å²) in [5.74, 6) is 0. The van der Waals surface area contributed by atoms with E-state index in [0.717, 1.165) is 21.8 Å². The van der Waals surface area contributed by atoms with Crippen molar-refractivity contribution in [3.05, 3.63) is 64.7 Å². The van der Waals surface area contributed by atoms with Gasteiger partial charge in [0.25, 0.3) is 0 Å².